The van der Waals surface area contributed by atoms with Gasteiger partial charge in [0.2, 0.25) is 0 Å². The van der Waals surface area contributed by atoms with Crippen molar-refractivity contribution in [2.45, 2.75) is 61.2 Å². The normalized spacial score (nSPS) is 25.6. The number of benzene rings is 2. The molecule has 336 valence electrons. The first-order valence-corrected chi connectivity index (χ1v) is 21.2. The topological polar surface area (TPSA) is 251 Å². The SMILES string of the molecule is CN(C(=O)c1cccs1)[C@@H]1OC(CO)[C@H](O)[C@H](n2cc(-c3cccc(F)c3)nn2)C1O.CNC1OC(CO)[C@H](O)[C@H](n2cc(-c3cccc(F)c3)nn2)C1O.O=C(Cl)c1cccs1. The van der Waals surface area contributed by atoms with Gasteiger partial charge in [-0.3, -0.25) is 14.9 Å². The molecule has 63 heavy (non-hydrogen) atoms. The zero-order chi connectivity index (χ0) is 45.4. The minimum absolute atomic E-state index is 0.338. The zero-order valence-corrected chi connectivity index (χ0v) is 35.7. The molecule has 2 aliphatic rings. The molecule has 0 bridgehead atoms. The number of aliphatic hydroxyl groups is 6. The summed E-state index contributed by atoms with van der Waals surface area (Å²) in [5.41, 5.74) is 1.75. The Labute approximate surface area is 371 Å². The Kier molecular flexibility index (Phi) is 16.3. The largest absolute Gasteiger partial charge is 0.394 e. The minimum Gasteiger partial charge on any atom is -0.394 e. The van der Waals surface area contributed by atoms with E-state index in [1.807, 2.05) is 5.38 Å². The number of likely N-dealkylation sites (N-methyl/N-ethyl adjacent to an activating group) is 2. The molecular formula is C40H43ClF2N8O10S2. The predicted molar refractivity (Wildman–Crippen MR) is 224 cm³/mol. The van der Waals surface area contributed by atoms with Crippen LogP contribution in [0.3, 0.4) is 0 Å². The van der Waals surface area contributed by atoms with Gasteiger partial charge in [-0.2, -0.15) is 0 Å². The van der Waals surface area contributed by atoms with Crippen LogP contribution in [0.1, 0.15) is 31.4 Å². The summed E-state index contributed by atoms with van der Waals surface area (Å²) in [7, 11) is 3.06. The van der Waals surface area contributed by atoms with Crippen LogP contribution in [0.5, 0.6) is 0 Å². The van der Waals surface area contributed by atoms with Gasteiger partial charge in [-0.1, -0.05) is 46.8 Å². The highest BCUT2D eigenvalue weighted by atomic mass is 35.5. The van der Waals surface area contributed by atoms with Gasteiger partial charge < -0.3 is 45.0 Å². The first kappa shape index (κ1) is 47.5. The molecule has 2 fully saturated rings. The predicted octanol–water partition coefficient (Wildman–Crippen LogP) is 2.31. The summed E-state index contributed by atoms with van der Waals surface area (Å²) in [6.07, 6.45) is -5.91. The Morgan fingerprint density at radius 3 is 1.67 bits per heavy atom. The number of ether oxygens (including phenoxy) is 2. The Hall–Kier alpha value is -4.95. The molecule has 2 aromatic carbocycles. The van der Waals surface area contributed by atoms with E-state index in [4.69, 9.17) is 21.1 Å². The fourth-order valence-electron chi connectivity index (χ4n) is 6.85. The van der Waals surface area contributed by atoms with Crippen LogP contribution in [-0.4, -0.2) is 153 Å². The summed E-state index contributed by atoms with van der Waals surface area (Å²) in [5, 5.41) is 83.4. The van der Waals surface area contributed by atoms with Crippen LogP contribution in [-0.2, 0) is 9.47 Å². The summed E-state index contributed by atoms with van der Waals surface area (Å²) in [5.74, 6) is -1.21. The van der Waals surface area contributed by atoms with E-state index < -0.39 is 86.0 Å². The van der Waals surface area contributed by atoms with Crippen LogP contribution in [0.4, 0.5) is 8.78 Å². The average molecular weight is 933 g/mol. The van der Waals surface area contributed by atoms with Crippen molar-refractivity contribution in [1.29, 1.82) is 0 Å². The molecule has 4 aromatic heterocycles. The van der Waals surface area contributed by atoms with Crippen molar-refractivity contribution < 1.29 is 58.5 Å². The molecule has 6 heterocycles. The number of amides is 1. The highest BCUT2D eigenvalue weighted by molar-refractivity contribution is 7.14. The Morgan fingerprint density at radius 1 is 0.746 bits per heavy atom. The lowest BCUT2D eigenvalue weighted by atomic mass is 9.95. The number of hydrogen-bond donors (Lipinski definition) is 7. The number of rotatable bonds is 10. The van der Waals surface area contributed by atoms with Gasteiger partial charge in [0.15, 0.2) is 6.23 Å². The van der Waals surface area contributed by atoms with Gasteiger partial charge in [0, 0.05) is 18.2 Å². The van der Waals surface area contributed by atoms with E-state index >= 15 is 0 Å². The molecule has 6 aromatic rings. The first-order valence-electron chi connectivity index (χ1n) is 19.1. The van der Waals surface area contributed by atoms with Crippen LogP contribution < -0.4 is 5.32 Å². The van der Waals surface area contributed by atoms with Crippen molar-refractivity contribution in [1.82, 2.24) is 40.2 Å². The van der Waals surface area contributed by atoms with Gasteiger partial charge in [-0.05, 0) is 65.8 Å². The second-order valence-corrected chi connectivity index (χ2v) is 16.3. The lowest BCUT2D eigenvalue weighted by Gasteiger charge is -2.44. The van der Waals surface area contributed by atoms with Crippen LogP contribution >= 0.6 is 34.3 Å². The maximum Gasteiger partial charge on any atom is 0.265 e. The third-order valence-corrected chi connectivity index (χ3v) is 12.1. The summed E-state index contributed by atoms with van der Waals surface area (Å²) in [4.78, 5) is 25.3. The van der Waals surface area contributed by atoms with Crippen LogP contribution in [0, 0.1) is 11.6 Å². The van der Waals surface area contributed by atoms with Crippen molar-refractivity contribution in [2.75, 3.05) is 27.3 Å². The third-order valence-electron chi connectivity index (χ3n) is 10.1. The highest BCUT2D eigenvalue weighted by Crippen LogP contribution is 2.33. The van der Waals surface area contributed by atoms with Gasteiger partial charge >= 0.3 is 0 Å². The fraction of sp³-hybridized carbons (Fsp3) is 0.350. The second-order valence-electron chi connectivity index (χ2n) is 14.1. The lowest BCUT2D eigenvalue weighted by Crippen LogP contribution is -2.61. The van der Waals surface area contributed by atoms with Crippen LogP contribution in [0.25, 0.3) is 22.5 Å². The maximum absolute atomic E-state index is 13.6. The van der Waals surface area contributed by atoms with Crippen LogP contribution in [0.2, 0.25) is 0 Å². The van der Waals surface area contributed by atoms with E-state index in [2.05, 4.69) is 25.9 Å². The van der Waals surface area contributed by atoms with E-state index in [0.717, 1.165) is 0 Å². The molecule has 0 saturated carbocycles. The van der Waals surface area contributed by atoms with Gasteiger partial charge in [0.05, 0.1) is 35.4 Å². The minimum atomic E-state index is -1.38. The fourth-order valence-corrected chi connectivity index (χ4v) is 8.31. The summed E-state index contributed by atoms with van der Waals surface area (Å²) >= 11 is 7.71. The zero-order valence-electron chi connectivity index (χ0n) is 33.3. The molecule has 2 aliphatic heterocycles. The Bertz CT molecular complexity index is 2380. The molecule has 0 radical (unpaired) electrons. The molecule has 0 aliphatic carbocycles. The highest BCUT2D eigenvalue weighted by Gasteiger charge is 2.49. The van der Waals surface area contributed by atoms with Crippen molar-refractivity contribution >= 4 is 45.4 Å². The molecule has 5 unspecified atom stereocenters. The Morgan fingerprint density at radius 2 is 1.24 bits per heavy atom. The molecule has 7 N–H and O–H groups in total. The molecular weight excluding hydrogens is 890 g/mol. The number of halogens is 3. The van der Waals surface area contributed by atoms with E-state index in [0.29, 0.717) is 32.3 Å². The molecule has 0 spiro atoms. The van der Waals surface area contributed by atoms with E-state index in [-0.39, 0.29) is 11.1 Å². The standard InChI is InChI=1S/C20H21FN4O5S.C15H19FN4O4.C5H3ClOS/c1-24(19(29)15-6-3-7-31-15)20-18(28)16(17(27)14(10-26)30-20)25-9-13(22-23-25)11-4-2-5-12(21)8-11;1-17-15-14(23)12(13(22)11(7-21)24-15)20-6-10(18-19-20)8-3-2-4-9(16)5-8;6-5(7)4-2-1-3-8-4/h2-9,14,16-18,20,26-28H,10H2,1H3;2-6,11-15,17,21-23H,7H2,1H3;1-3H/t14?,16-,17-,18?,20+;11?,12-,13-,14?,15?;/m00./s1. The smallest absolute Gasteiger partial charge is 0.265 e. The summed E-state index contributed by atoms with van der Waals surface area (Å²) < 4.78 is 40.5. The van der Waals surface area contributed by atoms with E-state index in [9.17, 15) is 49.0 Å². The molecule has 1 amide bonds. The monoisotopic (exact) mass is 932 g/mol. The molecule has 8 rings (SSSR count). The molecule has 10 atom stereocenters. The second kappa shape index (κ2) is 21.6. The van der Waals surface area contributed by atoms with Gasteiger partial charge in [0.25, 0.3) is 11.1 Å². The number of carbonyl (C=O) groups excluding carboxylic acids is 2. The van der Waals surface area contributed by atoms with Gasteiger partial charge in [-0.15, -0.1) is 32.9 Å². The van der Waals surface area contributed by atoms with Crippen molar-refractivity contribution in [3.8, 4) is 22.5 Å². The first-order chi connectivity index (χ1) is 30.3. The number of aromatic nitrogens is 6. The van der Waals surface area contributed by atoms with Gasteiger partial charge in [-0.25, -0.2) is 18.1 Å². The van der Waals surface area contributed by atoms with Crippen molar-refractivity contribution in [3.05, 3.63) is 117 Å². The number of nitrogens with zero attached hydrogens (tertiary/aromatic N) is 7. The molecule has 18 nitrogen and oxygen atoms in total. The average Bonchev–Trinajstić information content (AvgIpc) is 4.13. The third kappa shape index (κ3) is 11.1. The Balaban J connectivity index is 0.000000182. The van der Waals surface area contributed by atoms with Crippen molar-refractivity contribution in [2.24, 2.45) is 0 Å². The number of carbonyl (C=O) groups is 2. The summed E-state index contributed by atoms with van der Waals surface area (Å²) in [6.45, 7) is -0.943. The summed E-state index contributed by atoms with van der Waals surface area (Å²) in [6, 6.07) is 16.6. The quantitative estimate of drug-likeness (QED) is 0.0975. The maximum atomic E-state index is 13.6. The van der Waals surface area contributed by atoms with E-state index in [1.165, 1.54) is 86.7 Å². The van der Waals surface area contributed by atoms with Gasteiger partial charge in [0.1, 0.15) is 78.0 Å². The number of thiophene rings is 2. The molecule has 23 heteroatoms. The van der Waals surface area contributed by atoms with Crippen molar-refractivity contribution in [3.63, 3.8) is 0 Å². The number of nitrogens with one attached hydrogen (secondary N) is 1. The number of aliphatic hydroxyl groups excluding tert-OH is 6. The van der Waals surface area contributed by atoms with E-state index in [1.54, 1.807) is 54.9 Å². The lowest BCUT2D eigenvalue weighted by molar-refractivity contribution is -0.235. The molecule has 2 saturated heterocycles. The van der Waals surface area contributed by atoms with Crippen LogP contribution in [0.15, 0.2) is 96.0 Å². The number of hydrogen-bond acceptors (Lipinski definition) is 17.